The summed E-state index contributed by atoms with van der Waals surface area (Å²) >= 11 is 0. The van der Waals surface area contributed by atoms with Crippen LogP contribution in [0.5, 0.6) is 0 Å². The van der Waals surface area contributed by atoms with Gasteiger partial charge in [0.05, 0.1) is 11.7 Å². The van der Waals surface area contributed by atoms with E-state index < -0.39 is 29.6 Å². The predicted molar refractivity (Wildman–Crippen MR) is 75.0 cm³/mol. The summed E-state index contributed by atoms with van der Waals surface area (Å²) in [5.74, 6) is -1.66. The summed E-state index contributed by atoms with van der Waals surface area (Å²) in [5.41, 5.74) is 0.646. The Balaban J connectivity index is 2.40. The molecule has 0 spiro atoms. The third kappa shape index (κ3) is 2.48. The van der Waals surface area contributed by atoms with Crippen molar-refractivity contribution < 1.29 is 19.4 Å². The average molecular weight is 277 g/mol. The van der Waals surface area contributed by atoms with Gasteiger partial charge in [-0.15, -0.1) is 0 Å². The molecule has 0 aliphatic carbocycles. The molecule has 2 atom stereocenters. The molecule has 1 amide bonds. The molecular formula is C15H19NO4. The highest BCUT2D eigenvalue weighted by Gasteiger charge is 2.44. The molecule has 5 nitrogen and oxygen atoms in total. The van der Waals surface area contributed by atoms with E-state index in [1.165, 1.54) is 4.90 Å². The third-order valence-electron chi connectivity index (χ3n) is 3.28. The van der Waals surface area contributed by atoms with E-state index in [1.807, 2.05) is 0 Å². The van der Waals surface area contributed by atoms with Gasteiger partial charge in [-0.25, -0.2) is 4.79 Å². The summed E-state index contributed by atoms with van der Waals surface area (Å²) in [7, 11) is 0. The van der Waals surface area contributed by atoms with Crippen molar-refractivity contribution in [2.24, 2.45) is 0 Å². The molecule has 1 aliphatic heterocycles. The predicted octanol–water partition coefficient (Wildman–Crippen LogP) is 3.00. The Morgan fingerprint density at radius 1 is 1.25 bits per heavy atom. The van der Waals surface area contributed by atoms with Crippen molar-refractivity contribution in [1.29, 1.82) is 0 Å². The molecule has 0 radical (unpaired) electrons. The van der Waals surface area contributed by atoms with Crippen LogP contribution in [0.2, 0.25) is 0 Å². The van der Waals surface area contributed by atoms with Crippen molar-refractivity contribution in [2.45, 2.75) is 45.3 Å². The van der Waals surface area contributed by atoms with Gasteiger partial charge in [-0.2, -0.15) is 0 Å². The van der Waals surface area contributed by atoms with Gasteiger partial charge in [0.1, 0.15) is 11.5 Å². The topological polar surface area (TPSA) is 66.8 Å². The molecule has 2 rings (SSSR count). The summed E-state index contributed by atoms with van der Waals surface area (Å²) in [6, 6.07) is 6.58. The van der Waals surface area contributed by atoms with Crippen molar-refractivity contribution in [1.82, 2.24) is 0 Å². The van der Waals surface area contributed by atoms with E-state index in [-0.39, 0.29) is 0 Å². The minimum absolute atomic E-state index is 0.472. The molecule has 1 N–H and O–H groups in total. The SMILES string of the molecule is CC1C(C(=O)O)c2ccccc2N1C(=O)OC(C)(C)C. The maximum absolute atomic E-state index is 12.3. The number of anilines is 1. The Bertz CT molecular complexity index is 547. The van der Waals surface area contributed by atoms with Gasteiger partial charge in [0.15, 0.2) is 0 Å². The number of fused-ring (bicyclic) bond motifs is 1. The number of ether oxygens (including phenoxy) is 1. The quantitative estimate of drug-likeness (QED) is 0.857. The number of nitrogens with zero attached hydrogens (tertiary/aromatic N) is 1. The zero-order chi connectivity index (χ0) is 15.1. The standard InChI is InChI=1S/C15H19NO4/c1-9-12(13(17)18)10-7-5-6-8-11(10)16(9)14(19)20-15(2,3)4/h5-9,12H,1-4H3,(H,17,18). The first-order chi connectivity index (χ1) is 9.22. The minimum atomic E-state index is -0.934. The summed E-state index contributed by atoms with van der Waals surface area (Å²) < 4.78 is 5.37. The smallest absolute Gasteiger partial charge is 0.415 e. The molecule has 0 fully saturated rings. The normalized spacial score (nSPS) is 21.5. The first-order valence-corrected chi connectivity index (χ1v) is 6.56. The maximum atomic E-state index is 12.3. The Morgan fingerprint density at radius 3 is 2.40 bits per heavy atom. The monoisotopic (exact) mass is 277 g/mol. The largest absolute Gasteiger partial charge is 0.481 e. The fraction of sp³-hybridized carbons (Fsp3) is 0.467. The molecule has 1 heterocycles. The van der Waals surface area contributed by atoms with E-state index in [0.717, 1.165) is 0 Å². The van der Waals surface area contributed by atoms with Gasteiger partial charge >= 0.3 is 12.1 Å². The number of aliphatic carboxylic acids is 1. The molecule has 0 aromatic heterocycles. The number of para-hydroxylation sites is 1. The van der Waals surface area contributed by atoms with Crippen molar-refractivity contribution in [3.8, 4) is 0 Å². The molecule has 108 valence electrons. The van der Waals surface area contributed by atoms with Crippen molar-refractivity contribution in [3.05, 3.63) is 29.8 Å². The Labute approximate surface area is 118 Å². The van der Waals surface area contributed by atoms with E-state index in [0.29, 0.717) is 11.3 Å². The van der Waals surface area contributed by atoms with Crippen molar-refractivity contribution in [3.63, 3.8) is 0 Å². The van der Waals surface area contributed by atoms with Crippen LogP contribution in [0.25, 0.3) is 0 Å². The highest BCUT2D eigenvalue weighted by atomic mass is 16.6. The molecule has 0 saturated carbocycles. The van der Waals surface area contributed by atoms with E-state index in [2.05, 4.69) is 0 Å². The van der Waals surface area contributed by atoms with Crippen LogP contribution in [0.4, 0.5) is 10.5 Å². The molecule has 5 heteroatoms. The number of carboxylic acid groups (broad SMARTS) is 1. The number of hydrogen-bond acceptors (Lipinski definition) is 3. The Morgan fingerprint density at radius 2 is 1.85 bits per heavy atom. The van der Waals surface area contributed by atoms with Crippen LogP contribution in [0.3, 0.4) is 0 Å². The average Bonchev–Trinajstić information content (AvgIpc) is 2.58. The molecule has 20 heavy (non-hydrogen) atoms. The maximum Gasteiger partial charge on any atom is 0.415 e. The zero-order valence-corrected chi connectivity index (χ0v) is 12.1. The van der Waals surface area contributed by atoms with E-state index >= 15 is 0 Å². The second-order valence-electron chi connectivity index (χ2n) is 5.97. The molecule has 1 aliphatic rings. The van der Waals surface area contributed by atoms with Gasteiger partial charge in [-0.3, -0.25) is 9.69 Å². The van der Waals surface area contributed by atoms with E-state index in [4.69, 9.17) is 4.74 Å². The van der Waals surface area contributed by atoms with Crippen molar-refractivity contribution >= 4 is 17.7 Å². The Hall–Kier alpha value is -2.04. The first kappa shape index (κ1) is 14.4. The second-order valence-corrected chi connectivity index (χ2v) is 5.97. The zero-order valence-electron chi connectivity index (χ0n) is 12.1. The molecule has 1 aromatic rings. The van der Waals surface area contributed by atoms with E-state index in [1.54, 1.807) is 52.0 Å². The van der Waals surface area contributed by atoms with E-state index in [9.17, 15) is 14.7 Å². The fourth-order valence-corrected chi connectivity index (χ4v) is 2.51. The summed E-state index contributed by atoms with van der Waals surface area (Å²) in [5, 5.41) is 9.38. The number of carboxylic acids is 1. The van der Waals surface area contributed by atoms with Crippen LogP contribution in [-0.2, 0) is 9.53 Å². The minimum Gasteiger partial charge on any atom is -0.481 e. The van der Waals surface area contributed by atoms with Gasteiger partial charge in [-0.05, 0) is 39.3 Å². The van der Waals surface area contributed by atoms with Crippen LogP contribution >= 0.6 is 0 Å². The van der Waals surface area contributed by atoms with Crippen LogP contribution in [0.1, 0.15) is 39.2 Å². The van der Waals surface area contributed by atoms with Gasteiger partial charge in [0.25, 0.3) is 0 Å². The fourth-order valence-electron chi connectivity index (χ4n) is 2.51. The highest BCUT2D eigenvalue weighted by molar-refractivity contribution is 5.96. The summed E-state index contributed by atoms with van der Waals surface area (Å²) in [6.07, 6.45) is -0.513. The molecule has 0 bridgehead atoms. The Kier molecular flexibility index (Phi) is 3.46. The number of amides is 1. The van der Waals surface area contributed by atoms with Crippen LogP contribution in [-0.4, -0.2) is 28.8 Å². The molecule has 2 unspecified atom stereocenters. The lowest BCUT2D eigenvalue weighted by atomic mass is 9.96. The van der Waals surface area contributed by atoms with Crippen LogP contribution in [0, 0.1) is 0 Å². The van der Waals surface area contributed by atoms with Gasteiger partial charge in [-0.1, -0.05) is 18.2 Å². The van der Waals surface area contributed by atoms with Gasteiger partial charge in [0.2, 0.25) is 0 Å². The summed E-state index contributed by atoms with van der Waals surface area (Å²) in [4.78, 5) is 25.2. The molecule has 1 aromatic carbocycles. The lowest BCUT2D eigenvalue weighted by Gasteiger charge is -2.28. The number of carbonyl (C=O) groups is 2. The van der Waals surface area contributed by atoms with Crippen LogP contribution in [0.15, 0.2) is 24.3 Å². The van der Waals surface area contributed by atoms with Gasteiger partial charge < -0.3 is 9.84 Å². The number of hydrogen-bond donors (Lipinski definition) is 1. The number of rotatable bonds is 1. The lowest BCUT2D eigenvalue weighted by Crippen LogP contribution is -2.42. The second kappa shape index (κ2) is 4.81. The van der Waals surface area contributed by atoms with Crippen LogP contribution < -0.4 is 4.90 Å². The summed E-state index contributed by atoms with van der Waals surface area (Å²) in [6.45, 7) is 7.08. The van der Waals surface area contributed by atoms with Crippen molar-refractivity contribution in [2.75, 3.05) is 4.90 Å². The molecule has 0 saturated heterocycles. The molecular weight excluding hydrogens is 258 g/mol. The van der Waals surface area contributed by atoms with Gasteiger partial charge in [0, 0.05) is 0 Å². The highest BCUT2D eigenvalue weighted by Crippen LogP contribution is 2.41. The lowest BCUT2D eigenvalue weighted by molar-refractivity contribution is -0.138. The number of benzene rings is 1. The number of carbonyl (C=O) groups excluding carboxylic acids is 1. The third-order valence-corrected chi connectivity index (χ3v) is 3.28. The first-order valence-electron chi connectivity index (χ1n) is 6.56.